The lowest BCUT2D eigenvalue weighted by atomic mass is 10.5. The maximum Gasteiger partial charge on any atom is 0.215 e. The Labute approximate surface area is 97.6 Å². The minimum Gasteiger partial charge on any atom is -0.418 e. The van der Waals surface area contributed by atoms with Crippen molar-refractivity contribution in [2.45, 2.75) is 64.6 Å². The Morgan fingerprint density at radius 3 is 1.67 bits per heavy atom. The molecule has 0 aliphatic heterocycles. The van der Waals surface area contributed by atoms with E-state index >= 15 is 0 Å². The Morgan fingerprint density at radius 1 is 1.00 bits per heavy atom. The molecule has 0 aliphatic rings. The summed E-state index contributed by atoms with van der Waals surface area (Å²) in [7, 11) is -1.53. The third-order valence-electron chi connectivity index (χ3n) is 3.87. The Balaban J connectivity index is 4.79. The lowest BCUT2D eigenvalue weighted by molar-refractivity contribution is 0.143. The van der Waals surface area contributed by atoms with Crippen molar-refractivity contribution >= 4 is 16.6 Å². The third kappa shape index (κ3) is 3.69. The fraction of sp³-hybridized carbons (Fsp3) is 1.00. The Morgan fingerprint density at radius 2 is 1.40 bits per heavy atom. The summed E-state index contributed by atoms with van der Waals surface area (Å²) >= 11 is 0. The van der Waals surface area contributed by atoms with E-state index in [1.54, 1.807) is 7.11 Å². The summed E-state index contributed by atoms with van der Waals surface area (Å²) in [6.45, 7) is 17.9. The predicted molar refractivity (Wildman–Crippen MR) is 72.2 cm³/mol. The zero-order valence-electron chi connectivity index (χ0n) is 11.9. The fourth-order valence-corrected chi connectivity index (χ4v) is 4.96. The van der Waals surface area contributed by atoms with Crippen LogP contribution in [0.15, 0.2) is 0 Å². The summed E-state index contributed by atoms with van der Waals surface area (Å²) in [5, 5.41) is -0.109. The molecule has 4 heteroatoms. The summed E-state index contributed by atoms with van der Waals surface area (Å²) in [5.74, 6) is 0. The minimum absolute atomic E-state index is 0.109. The van der Waals surface area contributed by atoms with Crippen molar-refractivity contribution in [2.75, 3.05) is 7.11 Å². The monoisotopic (exact) mass is 248 g/mol. The van der Waals surface area contributed by atoms with E-state index in [9.17, 15) is 0 Å². The highest BCUT2D eigenvalue weighted by Gasteiger charge is 2.45. The average molecular weight is 249 g/mol. The van der Waals surface area contributed by atoms with Crippen molar-refractivity contribution in [3.8, 4) is 0 Å². The van der Waals surface area contributed by atoms with Crippen LogP contribution in [0.2, 0.25) is 31.7 Å². The molecule has 15 heavy (non-hydrogen) atoms. The van der Waals surface area contributed by atoms with Crippen molar-refractivity contribution in [3.05, 3.63) is 0 Å². The molecule has 0 heterocycles. The molecule has 0 saturated carbocycles. The summed E-state index contributed by atoms with van der Waals surface area (Å²) < 4.78 is 12.1. The van der Waals surface area contributed by atoms with E-state index in [1.807, 2.05) is 0 Å². The molecule has 0 saturated heterocycles. The molecule has 0 radical (unpaired) electrons. The summed E-state index contributed by atoms with van der Waals surface area (Å²) in [4.78, 5) is 0. The standard InChI is InChI=1S/C11H28O2Si2/c1-10(2)14(6,7)13-11(3,4)15(8,9)12-5/h10H,1-9H3. The van der Waals surface area contributed by atoms with E-state index in [4.69, 9.17) is 8.85 Å². The largest absolute Gasteiger partial charge is 0.418 e. The zero-order chi connectivity index (χ0) is 12.5. The van der Waals surface area contributed by atoms with Crippen LogP contribution in [0.3, 0.4) is 0 Å². The first kappa shape index (κ1) is 15.4. The molecule has 0 aromatic rings. The zero-order valence-corrected chi connectivity index (χ0v) is 13.9. The quantitative estimate of drug-likeness (QED) is 0.689. The van der Waals surface area contributed by atoms with Crippen molar-refractivity contribution in [3.63, 3.8) is 0 Å². The van der Waals surface area contributed by atoms with Crippen molar-refractivity contribution < 1.29 is 8.85 Å². The molecule has 0 aliphatic carbocycles. The number of hydrogen-bond acceptors (Lipinski definition) is 2. The van der Waals surface area contributed by atoms with Gasteiger partial charge in [-0.05, 0) is 45.6 Å². The van der Waals surface area contributed by atoms with E-state index in [1.165, 1.54) is 0 Å². The molecule has 0 N–H and O–H groups in total. The van der Waals surface area contributed by atoms with Crippen LogP contribution in [0.1, 0.15) is 27.7 Å². The maximum atomic E-state index is 6.42. The normalized spacial score (nSPS) is 14.8. The first-order valence-electron chi connectivity index (χ1n) is 5.71. The second-order valence-electron chi connectivity index (χ2n) is 6.08. The van der Waals surface area contributed by atoms with E-state index in [2.05, 4.69) is 53.9 Å². The van der Waals surface area contributed by atoms with E-state index < -0.39 is 16.6 Å². The van der Waals surface area contributed by atoms with Gasteiger partial charge in [-0.25, -0.2) is 0 Å². The van der Waals surface area contributed by atoms with Crippen molar-refractivity contribution in [2.24, 2.45) is 0 Å². The van der Waals surface area contributed by atoms with Crippen molar-refractivity contribution in [1.82, 2.24) is 0 Å². The van der Waals surface area contributed by atoms with Gasteiger partial charge in [-0.1, -0.05) is 13.8 Å². The molecule has 92 valence electrons. The number of hydrogen-bond donors (Lipinski definition) is 0. The minimum atomic E-state index is -1.75. The van der Waals surface area contributed by atoms with E-state index in [0.717, 1.165) is 0 Å². The smallest absolute Gasteiger partial charge is 0.215 e. The van der Waals surface area contributed by atoms with Gasteiger partial charge in [0, 0.05) is 7.11 Å². The molecular formula is C11H28O2Si2. The first-order chi connectivity index (χ1) is 6.46. The Kier molecular flexibility index (Phi) is 4.80. The van der Waals surface area contributed by atoms with Gasteiger partial charge in [-0.15, -0.1) is 0 Å². The van der Waals surface area contributed by atoms with E-state index in [0.29, 0.717) is 5.54 Å². The van der Waals surface area contributed by atoms with Crippen molar-refractivity contribution in [1.29, 1.82) is 0 Å². The maximum absolute atomic E-state index is 6.42. The lowest BCUT2D eigenvalue weighted by Crippen LogP contribution is -2.58. The highest BCUT2D eigenvalue weighted by atomic mass is 28.4. The van der Waals surface area contributed by atoms with Gasteiger partial charge in [-0.3, -0.25) is 0 Å². The summed E-state index contributed by atoms with van der Waals surface area (Å²) in [5.41, 5.74) is 0.637. The highest BCUT2D eigenvalue weighted by molar-refractivity contribution is 6.77. The van der Waals surface area contributed by atoms with Crippen LogP contribution in [0.25, 0.3) is 0 Å². The third-order valence-corrected chi connectivity index (χ3v) is 11.9. The number of rotatable bonds is 5. The van der Waals surface area contributed by atoms with Gasteiger partial charge in [0.15, 0.2) is 8.32 Å². The van der Waals surface area contributed by atoms with Gasteiger partial charge in [0.25, 0.3) is 0 Å². The van der Waals surface area contributed by atoms with Crippen LogP contribution < -0.4 is 0 Å². The average Bonchev–Trinajstić information content (AvgIpc) is 2.01. The first-order valence-corrected chi connectivity index (χ1v) is 11.6. The summed E-state index contributed by atoms with van der Waals surface area (Å²) in [6, 6.07) is 0. The van der Waals surface area contributed by atoms with Gasteiger partial charge in [0.1, 0.15) is 0 Å². The molecule has 0 unspecified atom stereocenters. The molecule has 0 rings (SSSR count). The van der Waals surface area contributed by atoms with Gasteiger partial charge >= 0.3 is 0 Å². The Bertz CT molecular complexity index is 211. The SMILES string of the molecule is CO[Si](C)(C)C(C)(C)O[Si](C)(C)C(C)C. The van der Waals surface area contributed by atoms with Gasteiger partial charge in [0.2, 0.25) is 8.32 Å². The molecule has 2 nitrogen and oxygen atoms in total. The fourth-order valence-electron chi connectivity index (χ4n) is 1.14. The molecule has 0 amide bonds. The van der Waals surface area contributed by atoms with Crippen LogP contribution in [-0.4, -0.2) is 29.0 Å². The molecular weight excluding hydrogens is 220 g/mol. The summed E-state index contributed by atoms with van der Waals surface area (Å²) in [6.07, 6.45) is 0. The Hall–Kier alpha value is 0.354. The highest BCUT2D eigenvalue weighted by Crippen LogP contribution is 2.32. The van der Waals surface area contributed by atoms with Crippen LogP contribution in [0, 0.1) is 0 Å². The lowest BCUT2D eigenvalue weighted by Gasteiger charge is -2.44. The molecule has 0 aromatic carbocycles. The molecule has 0 fully saturated rings. The van der Waals surface area contributed by atoms with Crippen LogP contribution in [0.5, 0.6) is 0 Å². The van der Waals surface area contributed by atoms with Crippen LogP contribution >= 0.6 is 0 Å². The molecule has 0 spiro atoms. The second kappa shape index (κ2) is 4.69. The molecule has 0 bridgehead atoms. The van der Waals surface area contributed by atoms with Gasteiger partial charge in [0.05, 0.1) is 5.22 Å². The van der Waals surface area contributed by atoms with Crippen LogP contribution in [0.4, 0.5) is 0 Å². The van der Waals surface area contributed by atoms with E-state index in [-0.39, 0.29) is 5.22 Å². The van der Waals surface area contributed by atoms with Gasteiger partial charge < -0.3 is 8.85 Å². The molecule has 0 atom stereocenters. The second-order valence-corrected chi connectivity index (χ2v) is 15.3. The van der Waals surface area contributed by atoms with Crippen LogP contribution in [-0.2, 0) is 8.85 Å². The topological polar surface area (TPSA) is 18.5 Å². The molecule has 0 aromatic heterocycles. The predicted octanol–water partition coefficient (Wildman–Crippen LogP) is 3.79. The van der Waals surface area contributed by atoms with Gasteiger partial charge in [-0.2, -0.15) is 0 Å².